The van der Waals surface area contributed by atoms with Crippen molar-refractivity contribution >= 4 is 12.0 Å². The molecule has 3 atom stereocenters. The standard InChI is InChI=1S/C15H26N2O4/c1-15(21-2)8-5-9-17(10-15)14(20)16-12-7-4-3-6-11(12)13(18)19/h11-12H,3-10H2,1-2H3,(H,16,20)(H,18,19). The quantitative estimate of drug-likeness (QED) is 0.833. The molecule has 1 saturated heterocycles. The Hall–Kier alpha value is -1.30. The van der Waals surface area contributed by atoms with Crippen LogP contribution in [0.25, 0.3) is 0 Å². The van der Waals surface area contributed by atoms with E-state index in [0.29, 0.717) is 19.5 Å². The van der Waals surface area contributed by atoms with Crippen molar-refractivity contribution in [1.82, 2.24) is 10.2 Å². The second-order valence-corrected chi connectivity index (χ2v) is 6.46. The first-order valence-electron chi connectivity index (χ1n) is 7.78. The van der Waals surface area contributed by atoms with Gasteiger partial charge >= 0.3 is 12.0 Å². The Bertz CT molecular complexity index is 401. The predicted octanol–water partition coefficient (Wildman–Crippen LogP) is 1.84. The van der Waals surface area contributed by atoms with Crippen molar-refractivity contribution in [2.75, 3.05) is 20.2 Å². The Morgan fingerprint density at radius 3 is 2.67 bits per heavy atom. The molecule has 6 heteroatoms. The highest BCUT2D eigenvalue weighted by Gasteiger charge is 2.36. The number of methoxy groups -OCH3 is 1. The number of rotatable bonds is 3. The first-order chi connectivity index (χ1) is 9.95. The van der Waals surface area contributed by atoms with Crippen molar-refractivity contribution in [3.63, 3.8) is 0 Å². The smallest absolute Gasteiger partial charge is 0.317 e. The number of hydrogen-bond acceptors (Lipinski definition) is 3. The van der Waals surface area contributed by atoms with Crippen LogP contribution in [-0.2, 0) is 9.53 Å². The van der Waals surface area contributed by atoms with E-state index in [2.05, 4.69) is 5.32 Å². The van der Waals surface area contributed by atoms with Crippen LogP contribution in [0.5, 0.6) is 0 Å². The molecule has 1 saturated carbocycles. The van der Waals surface area contributed by atoms with Gasteiger partial charge < -0.3 is 20.1 Å². The number of piperidine rings is 1. The fraction of sp³-hybridized carbons (Fsp3) is 0.867. The van der Waals surface area contributed by atoms with Crippen molar-refractivity contribution in [1.29, 1.82) is 0 Å². The average Bonchev–Trinajstić information content (AvgIpc) is 2.47. The molecule has 2 N–H and O–H groups in total. The Morgan fingerprint density at radius 1 is 1.29 bits per heavy atom. The first-order valence-corrected chi connectivity index (χ1v) is 7.78. The SMILES string of the molecule is COC1(C)CCCN(C(=O)NC2CCCCC2C(=O)O)C1. The molecule has 6 nitrogen and oxygen atoms in total. The van der Waals surface area contributed by atoms with E-state index in [4.69, 9.17) is 4.74 Å². The molecule has 3 unspecified atom stereocenters. The van der Waals surface area contributed by atoms with Gasteiger partial charge in [-0.15, -0.1) is 0 Å². The topological polar surface area (TPSA) is 78.9 Å². The van der Waals surface area contributed by atoms with Gasteiger partial charge in [0.1, 0.15) is 0 Å². The summed E-state index contributed by atoms with van der Waals surface area (Å²) in [5, 5.41) is 12.2. The number of nitrogens with zero attached hydrogens (tertiary/aromatic N) is 1. The molecular formula is C15H26N2O4. The summed E-state index contributed by atoms with van der Waals surface area (Å²) in [6, 6.07) is -0.407. The molecule has 2 amide bonds. The second-order valence-electron chi connectivity index (χ2n) is 6.46. The highest BCUT2D eigenvalue weighted by molar-refractivity contribution is 5.77. The van der Waals surface area contributed by atoms with Crippen LogP contribution in [0.2, 0.25) is 0 Å². The molecule has 0 aromatic rings. The van der Waals surface area contributed by atoms with Crippen LogP contribution in [-0.4, -0.2) is 53.8 Å². The summed E-state index contributed by atoms with van der Waals surface area (Å²) in [4.78, 5) is 25.4. The zero-order chi connectivity index (χ0) is 15.5. The number of ether oxygens (including phenoxy) is 1. The molecular weight excluding hydrogens is 272 g/mol. The molecule has 120 valence electrons. The second kappa shape index (κ2) is 6.64. The number of carboxylic acids is 1. The number of nitrogens with one attached hydrogen (secondary N) is 1. The number of hydrogen-bond donors (Lipinski definition) is 2. The minimum absolute atomic E-state index is 0.156. The van der Waals surface area contributed by atoms with Crippen molar-refractivity contribution in [2.24, 2.45) is 5.92 Å². The summed E-state index contributed by atoms with van der Waals surface area (Å²) in [5.74, 6) is -1.26. The Kier molecular flexibility index (Phi) is 5.08. The lowest BCUT2D eigenvalue weighted by Crippen LogP contribution is -2.56. The monoisotopic (exact) mass is 298 g/mol. The van der Waals surface area contributed by atoms with Crippen molar-refractivity contribution in [3.8, 4) is 0 Å². The highest BCUT2D eigenvalue weighted by Crippen LogP contribution is 2.26. The zero-order valence-electron chi connectivity index (χ0n) is 12.9. The molecule has 0 aromatic carbocycles. The maximum atomic E-state index is 12.4. The van der Waals surface area contributed by atoms with Crippen molar-refractivity contribution in [2.45, 2.75) is 57.1 Å². The summed E-state index contributed by atoms with van der Waals surface area (Å²) in [6.07, 6.45) is 5.15. The van der Waals surface area contributed by atoms with Gasteiger partial charge in [-0.1, -0.05) is 12.8 Å². The summed E-state index contributed by atoms with van der Waals surface area (Å²) in [6.45, 7) is 3.27. The average molecular weight is 298 g/mol. The van der Waals surface area contributed by atoms with Gasteiger partial charge in [0.15, 0.2) is 0 Å². The number of aliphatic carboxylic acids is 1. The third-order valence-corrected chi connectivity index (χ3v) is 4.83. The van der Waals surface area contributed by atoms with Gasteiger partial charge in [0.2, 0.25) is 0 Å². The third-order valence-electron chi connectivity index (χ3n) is 4.83. The van der Waals surface area contributed by atoms with E-state index < -0.39 is 11.9 Å². The van der Waals surface area contributed by atoms with Gasteiger partial charge in [-0.2, -0.15) is 0 Å². The van der Waals surface area contributed by atoms with Crippen LogP contribution in [0.15, 0.2) is 0 Å². The molecule has 1 heterocycles. The fourth-order valence-electron chi connectivity index (χ4n) is 3.39. The molecule has 1 aliphatic heterocycles. The van der Waals surface area contributed by atoms with E-state index >= 15 is 0 Å². The summed E-state index contributed by atoms with van der Waals surface area (Å²) >= 11 is 0. The normalized spacial score (nSPS) is 33.5. The van der Waals surface area contributed by atoms with Crippen LogP contribution in [0, 0.1) is 5.92 Å². The molecule has 0 spiro atoms. The molecule has 2 aliphatic rings. The van der Waals surface area contributed by atoms with E-state index in [1.165, 1.54) is 0 Å². The molecule has 2 rings (SSSR count). The minimum Gasteiger partial charge on any atom is -0.481 e. The minimum atomic E-state index is -0.805. The number of carboxylic acid groups (broad SMARTS) is 1. The van der Waals surface area contributed by atoms with Crippen LogP contribution in [0.3, 0.4) is 0 Å². The van der Waals surface area contributed by atoms with Crippen LogP contribution in [0.1, 0.15) is 45.4 Å². The number of amides is 2. The zero-order valence-corrected chi connectivity index (χ0v) is 12.9. The van der Waals surface area contributed by atoms with Crippen molar-refractivity contribution < 1.29 is 19.4 Å². The van der Waals surface area contributed by atoms with E-state index in [-0.39, 0.29) is 17.7 Å². The van der Waals surface area contributed by atoms with Crippen LogP contribution < -0.4 is 5.32 Å². The molecule has 0 aromatic heterocycles. The summed E-state index contributed by atoms with van der Waals surface area (Å²) in [5.41, 5.74) is -0.297. The molecule has 21 heavy (non-hydrogen) atoms. The maximum absolute atomic E-state index is 12.4. The van der Waals surface area contributed by atoms with Gasteiger partial charge in [-0.25, -0.2) is 4.79 Å². The lowest BCUT2D eigenvalue weighted by molar-refractivity contribution is -0.143. The van der Waals surface area contributed by atoms with Crippen LogP contribution >= 0.6 is 0 Å². The number of likely N-dealkylation sites (tertiary alicyclic amines) is 1. The van der Waals surface area contributed by atoms with Crippen molar-refractivity contribution in [3.05, 3.63) is 0 Å². The number of carbonyl (C=O) groups is 2. The summed E-state index contributed by atoms with van der Waals surface area (Å²) < 4.78 is 5.49. The van der Waals surface area contributed by atoms with E-state index in [0.717, 1.165) is 32.1 Å². The third kappa shape index (κ3) is 3.87. The number of urea groups is 1. The van der Waals surface area contributed by atoms with Gasteiger partial charge in [0.05, 0.1) is 18.1 Å². The maximum Gasteiger partial charge on any atom is 0.317 e. The van der Waals surface area contributed by atoms with Gasteiger partial charge in [0.25, 0.3) is 0 Å². The molecule has 0 bridgehead atoms. The largest absolute Gasteiger partial charge is 0.481 e. The lowest BCUT2D eigenvalue weighted by Gasteiger charge is -2.40. The highest BCUT2D eigenvalue weighted by atomic mass is 16.5. The fourth-order valence-corrected chi connectivity index (χ4v) is 3.39. The van der Waals surface area contributed by atoms with E-state index in [9.17, 15) is 14.7 Å². The van der Waals surface area contributed by atoms with Crippen LogP contribution in [0.4, 0.5) is 4.79 Å². The molecule has 2 fully saturated rings. The summed E-state index contributed by atoms with van der Waals surface area (Å²) in [7, 11) is 1.67. The number of carbonyl (C=O) groups excluding carboxylic acids is 1. The Labute approximate surface area is 125 Å². The van der Waals surface area contributed by atoms with Gasteiger partial charge in [-0.05, 0) is 32.6 Å². The lowest BCUT2D eigenvalue weighted by atomic mass is 9.84. The molecule has 0 radical (unpaired) electrons. The first kappa shape index (κ1) is 16.1. The Balaban J connectivity index is 1.95. The van der Waals surface area contributed by atoms with E-state index in [1.807, 2.05) is 6.92 Å². The van der Waals surface area contributed by atoms with Gasteiger partial charge in [0, 0.05) is 19.7 Å². The molecule has 1 aliphatic carbocycles. The van der Waals surface area contributed by atoms with E-state index in [1.54, 1.807) is 12.0 Å². The predicted molar refractivity (Wildman–Crippen MR) is 78.1 cm³/mol. The Morgan fingerprint density at radius 2 is 2.00 bits per heavy atom. The van der Waals surface area contributed by atoms with Gasteiger partial charge in [-0.3, -0.25) is 4.79 Å².